The molecule has 4 aromatic rings. The van der Waals surface area contributed by atoms with Crippen molar-refractivity contribution in [1.82, 2.24) is 0 Å². The van der Waals surface area contributed by atoms with E-state index in [9.17, 15) is 10.2 Å². The largest absolute Gasteiger partial charge is 0.507 e. The van der Waals surface area contributed by atoms with Gasteiger partial charge in [-0.15, -0.1) is 0 Å². The summed E-state index contributed by atoms with van der Waals surface area (Å²) in [5.41, 5.74) is 5.14. The molecule has 180 valence electrons. The van der Waals surface area contributed by atoms with E-state index in [-0.39, 0.29) is 10.8 Å². The van der Waals surface area contributed by atoms with E-state index < -0.39 is 0 Å². The highest BCUT2D eigenvalue weighted by Gasteiger charge is 2.29. The molecular formula is C32H34O2S. The summed E-state index contributed by atoms with van der Waals surface area (Å²) in [6, 6.07) is 28.9. The normalized spacial score (nSPS) is 12.1. The SMILES string of the molecule is Cc1cc(Sc2cc(C)c(O)c(C(C)(C)c3ccccc3)c2)cc(C(C)(C)c2ccccc2)c1O. The minimum Gasteiger partial charge on any atom is -0.507 e. The van der Waals surface area contributed by atoms with Gasteiger partial charge in [-0.05, 0) is 60.4 Å². The molecule has 0 amide bonds. The first-order valence-corrected chi connectivity index (χ1v) is 12.8. The summed E-state index contributed by atoms with van der Waals surface area (Å²) in [5.74, 6) is 0.687. The highest BCUT2D eigenvalue weighted by Crippen LogP contribution is 2.45. The molecule has 3 heteroatoms. The number of aryl methyl sites for hydroxylation is 2. The first-order valence-electron chi connectivity index (χ1n) is 12.0. The number of benzene rings is 4. The maximum absolute atomic E-state index is 11.0. The molecule has 0 aliphatic heterocycles. The number of aromatic hydroxyl groups is 2. The van der Waals surface area contributed by atoms with Gasteiger partial charge in [0.25, 0.3) is 0 Å². The Bertz CT molecular complexity index is 1230. The van der Waals surface area contributed by atoms with Gasteiger partial charge in [-0.3, -0.25) is 0 Å². The molecule has 0 aliphatic rings. The molecule has 4 rings (SSSR count). The van der Waals surface area contributed by atoms with Gasteiger partial charge in [-0.2, -0.15) is 0 Å². The van der Waals surface area contributed by atoms with Gasteiger partial charge in [0.1, 0.15) is 11.5 Å². The van der Waals surface area contributed by atoms with Crippen LogP contribution in [0.25, 0.3) is 0 Å². The molecule has 0 saturated heterocycles. The smallest absolute Gasteiger partial charge is 0.122 e. The van der Waals surface area contributed by atoms with Crippen LogP contribution in [0, 0.1) is 13.8 Å². The maximum Gasteiger partial charge on any atom is 0.122 e. The van der Waals surface area contributed by atoms with Crippen LogP contribution < -0.4 is 0 Å². The summed E-state index contributed by atoms with van der Waals surface area (Å²) in [7, 11) is 0. The molecule has 0 saturated carbocycles. The van der Waals surface area contributed by atoms with Crippen molar-refractivity contribution in [2.75, 3.05) is 0 Å². The van der Waals surface area contributed by atoms with Crippen LogP contribution >= 0.6 is 11.8 Å². The summed E-state index contributed by atoms with van der Waals surface area (Å²) in [6.45, 7) is 12.5. The monoisotopic (exact) mass is 482 g/mol. The molecule has 4 aromatic carbocycles. The fourth-order valence-electron chi connectivity index (χ4n) is 4.72. The first-order chi connectivity index (χ1) is 16.5. The topological polar surface area (TPSA) is 40.5 Å². The average molecular weight is 483 g/mol. The Morgan fingerprint density at radius 1 is 0.543 bits per heavy atom. The van der Waals surface area contributed by atoms with Crippen molar-refractivity contribution < 1.29 is 10.2 Å². The molecule has 0 fully saturated rings. The van der Waals surface area contributed by atoms with Gasteiger partial charge in [-0.25, -0.2) is 0 Å². The Labute approximate surface area is 213 Å². The van der Waals surface area contributed by atoms with Crippen molar-refractivity contribution >= 4 is 11.8 Å². The molecule has 0 atom stereocenters. The zero-order valence-corrected chi connectivity index (χ0v) is 22.2. The van der Waals surface area contributed by atoms with Gasteiger partial charge >= 0.3 is 0 Å². The highest BCUT2D eigenvalue weighted by molar-refractivity contribution is 7.99. The van der Waals surface area contributed by atoms with Crippen molar-refractivity contribution in [1.29, 1.82) is 0 Å². The van der Waals surface area contributed by atoms with E-state index in [0.29, 0.717) is 11.5 Å². The summed E-state index contributed by atoms with van der Waals surface area (Å²) in [6.07, 6.45) is 0. The third-order valence-corrected chi connectivity index (χ3v) is 8.06. The summed E-state index contributed by atoms with van der Waals surface area (Å²) >= 11 is 1.66. The Kier molecular flexibility index (Phi) is 6.75. The third kappa shape index (κ3) is 4.83. The molecule has 0 unspecified atom stereocenters. The molecule has 2 nitrogen and oxygen atoms in total. The fourth-order valence-corrected chi connectivity index (χ4v) is 5.82. The summed E-state index contributed by atoms with van der Waals surface area (Å²) < 4.78 is 0. The van der Waals surface area contributed by atoms with Crippen LogP contribution in [0.5, 0.6) is 11.5 Å². The Balaban J connectivity index is 1.76. The predicted octanol–water partition coefficient (Wildman–Crippen LogP) is 8.52. The molecule has 0 heterocycles. The van der Waals surface area contributed by atoms with Crippen LogP contribution in [0.3, 0.4) is 0 Å². The molecule has 35 heavy (non-hydrogen) atoms. The zero-order valence-electron chi connectivity index (χ0n) is 21.4. The lowest BCUT2D eigenvalue weighted by molar-refractivity contribution is 0.448. The Hall–Kier alpha value is -3.17. The van der Waals surface area contributed by atoms with Gasteiger partial charge in [0.15, 0.2) is 0 Å². The van der Waals surface area contributed by atoms with Crippen LogP contribution in [0.1, 0.15) is 61.1 Å². The van der Waals surface area contributed by atoms with Crippen molar-refractivity contribution in [3.05, 3.63) is 118 Å². The second-order valence-corrected chi connectivity index (χ2v) is 11.5. The molecular weight excluding hydrogens is 448 g/mol. The highest BCUT2D eigenvalue weighted by atomic mass is 32.2. The lowest BCUT2D eigenvalue weighted by Gasteiger charge is -2.29. The molecule has 0 bridgehead atoms. The number of rotatable bonds is 6. The van der Waals surface area contributed by atoms with E-state index in [4.69, 9.17) is 0 Å². The van der Waals surface area contributed by atoms with Gasteiger partial charge < -0.3 is 10.2 Å². The van der Waals surface area contributed by atoms with Crippen LogP contribution in [0.2, 0.25) is 0 Å². The van der Waals surface area contributed by atoms with Crippen molar-refractivity contribution in [3.63, 3.8) is 0 Å². The van der Waals surface area contributed by atoms with E-state index in [1.807, 2.05) is 62.4 Å². The van der Waals surface area contributed by atoms with E-state index >= 15 is 0 Å². The van der Waals surface area contributed by atoms with Crippen LogP contribution in [-0.2, 0) is 10.8 Å². The van der Waals surface area contributed by atoms with E-state index in [1.165, 1.54) is 0 Å². The third-order valence-electron chi connectivity index (χ3n) is 7.12. The van der Waals surface area contributed by atoms with Crippen LogP contribution in [0.15, 0.2) is 94.7 Å². The second-order valence-electron chi connectivity index (χ2n) is 10.4. The van der Waals surface area contributed by atoms with E-state index in [0.717, 1.165) is 43.2 Å². The van der Waals surface area contributed by atoms with Crippen LogP contribution in [0.4, 0.5) is 0 Å². The summed E-state index contributed by atoms with van der Waals surface area (Å²) in [5, 5.41) is 22.0. The number of phenolic OH excluding ortho intramolecular Hbond substituents is 2. The van der Waals surface area contributed by atoms with Gasteiger partial charge in [0.05, 0.1) is 0 Å². The molecule has 0 aliphatic carbocycles. The minimum atomic E-state index is -0.349. The van der Waals surface area contributed by atoms with Gasteiger partial charge in [-0.1, -0.05) is 100 Å². The zero-order chi connectivity index (χ0) is 25.4. The predicted molar refractivity (Wildman–Crippen MR) is 147 cm³/mol. The maximum atomic E-state index is 11.0. The standard InChI is InChI=1S/C32H34O2S/c1-21-17-25(19-27(29(21)33)31(3,4)23-13-9-7-10-14-23)35-26-18-22(2)30(34)28(20-26)32(5,6)24-15-11-8-12-16-24/h7-20,33-34H,1-6H3. The molecule has 0 radical (unpaired) electrons. The summed E-state index contributed by atoms with van der Waals surface area (Å²) in [4.78, 5) is 2.13. The van der Waals surface area contributed by atoms with Crippen molar-refractivity contribution in [3.8, 4) is 11.5 Å². The van der Waals surface area contributed by atoms with E-state index in [2.05, 4.69) is 64.1 Å². The quantitative estimate of drug-likeness (QED) is 0.289. The van der Waals surface area contributed by atoms with Crippen LogP contribution in [-0.4, -0.2) is 10.2 Å². The Morgan fingerprint density at radius 2 is 0.886 bits per heavy atom. The lowest BCUT2D eigenvalue weighted by Crippen LogP contribution is -2.19. The molecule has 0 aromatic heterocycles. The number of hydrogen-bond donors (Lipinski definition) is 2. The van der Waals surface area contributed by atoms with Gasteiger partial charge in [0, 0.05) is 31.7 Å². The molecule has 0 spiro atoms. The first kappa shape index (κ1) is 24.9. The Morgan fingerprint density at radius 3 is 1.23 bits per heavy atom. The number of phenols is 2. The fraction of sp³-hybridized carbons (Fsp3) is 0.250. The number of hydrogen-bond acceptors (Lipinski definition) is 3. The van der Waals surface area contributed by atoms with Crippen molar-refractivity contribution in [2.45, 2.75) is 62.2 Å². The second kappa shape index (κ2) is 9.47. The minimum absolute atomic E-state index is 0.344. The van der Waals surface area contributed by atoms with Gasteiger partial charge in [0.2, 0.25) is 0 Å². The lowest BCUT2D eigenvalue weighted by atomic mass is 9.77. The van der Waals surface area contributed by atoms with Crippen molar-refractivity contribution in [2.24, 2.45) is 0 Å². The average Bonchev–Trinajstić information content (AvgIpc) is 2.84. The molecule has 2 N–H and O–H groups in total. The van der Waals surface area contributed by atoms with E-state index in [1.54, 1.807) is 11.8 Å².